The van der Waals surface area contributed by atoms with E-state index in [0.29, 0.717) is 6.54 Å². The number of rotatable bonds is 9. The van der Waals surface area contributed by atoms with Crippen LogP contribution < -0.4 is 0 Å². The maximum absolute atomic E-state index is 13.4. The van der Waals surface area contributed by atoms with Gasteiger partial charge in [0, 0.05) is 21.9 Å². The highest BCUT2D eigenvalue weighted by molar-refractivity contribution is 9.10. The molecule has 0 radical (unpaired) electrons. The number of carbonyl (C=O) groups excluding carboxylic acids is 1. The standard InChI is InChI=1S/C23H22BrFN2O3S2/c24-18-5-11-22(12-6-18)32(29,30)27(20-9-10-20)16-23(28)26(15-21-2-1-13-31-21)14-17-3-7-19(25)8-4-17/h1-8,11-13,20H,9-10,14-16H2. The van der Waals surface area contributed by atoms with E-state index in [-0.39, 0.29) is 35.8 Å². The summed E-state index contributed by atoms with van der Waals surface area (Å²) in [6.45, 7) is 0.411. The van der Waals surface area contributed by atoms with Gasteiger partial charge in [0.05, 0.1) is 18.0 Å². The van der Waals surface area contributed by atoms with Gasteiger partial charge in [-0.2, -0.15) is 4.31 Å². The van der Waals surface area contributed by atoms with Crippen LogP contribution in [0.25, 0.3) is 0 Å². The number of benzene rings is 2. The largest absolute Gasteiger partial charge is 0.332 e. The summed E-state index contributed by atoms with van der Waals surface area (Å²) in [5, 5.41) is 1.93. The summed E-state index contributed by atoms with van der Waals surface area (Å²) < 4.78 is 42.0. The molecule has 0 bridgehead atoms. The molecule has 1 aromatic heterocycles. The Hall–Kier alpha value is -2.07. The van der Waals surface area contributed by atoms with Crippen molar-refractivity contribution >= 4 is 43.2 Å². The first kappa shape index (κ1) is 23.1. The van der Waals surface area contributed by atoms with Gasteiger partial charge in [-0.05, 0) is 66.2 Å². The lowest BCUT2D eigenvalue weighted by atomic mass is 10.2. The van der Waals surface area contributed by atoms with Crippen LogP contribution in [0.5, 0.6) is 0 Å². The Kier molecular flexibility index (Phi) is 7.09. The second kappa shape index (κ2) is 9.82. The zero-order chi connectivity index (χ0) is 22.7. The first-order chi connectivity index (χ1) is 15.3. The molecule has 0 atom stereocenters. The Morgan fingerprint density at radius 3 is 2.31 bits per heavy atom. The molecule has 5 nitrogen and oxygen atoms in total. The van der Waals surface area contributed by atoms with Gasteiger partial charge in [-0.15, -0.1) is 11.3 Å². The topological polar surface area (TPSA) is 57.7 Å². The molecular formula is C23H22BrFN2O3S2. The number of sulfonamides is 1. The molecule has 1 aliphatic rings. The van der Waals surface area contributed by atoms with Crippen molar-refractivity contribution in [1.29, 1.82) is 0 Å². The molecule has 1 saturated carbocycles. The number of nitrogens with zero attached hydrogens (tertiary/aromatic N) is 2. The van der Waals surface area contributed by atoms with E-state index < -0.39 is 10.0 Å². The third kappa shape index (κ3) is 5.64. The summed E-state index contributed by atoms with van der Waals surface area (Å²) in [5.41, 5.74) is 0.782. The Morgan fingerprint density at radius 1 is 1.03 bits per heavy atom. The van der Waals surface area contributed by atoms with Crippen LogP contribution in [0, 0.1) is 5.82 Å². The van der Waals surface area contributed by atoms with E-state index in [2.05, 4.69) is 15.9 Å². The van der Waals surface area contributed by atoms with E-state index in [4.69, 9.17) is 0 Å². The quantitative estimate of drug-likeness (QED) is 0.385. The molecule has 1 amide bonds. The maximum Gasteiger partial charge on any atom is 0.243 e. The number of thiophene rings is 1. The van der Waals surface area contributed by atoms with Gasteiger partial charge in [-0.3, -0.25) is 4.79 Å². The van der Waals surface area contributed by atoms with E-state index in [1.54, 1.807) is 41.3 Å². The van der Waals surface area contributed by atoms with Crippen LogP contribution in [0.4, 0.5) is 4.39 Å². The van der Waals surface area contributed by atoms with Crippen molar-refractivity contribution in [3.05, 3.63) is 86.8 Å². The number of carbonyl (C=O) groups is 1. The first-order valence-corrected chi connectivity index (χ1v) is 13.3. The van der Waals surface area contributed by atoms with Gasteiger partial charge in [-0.25, -0.2) is 12.8 Å². The predicted octanol–water partition coefficient (Wildman–Crippen LogP) is 5.03. The second-order valence-corrected chi connectivity index (χ2v) is 11.5. The fourth-order valence-corrected chi connectivity index (χ4v) is 6.00. The van der Waals surface area contributed by atoms with Crippen molar-refractivity contribution in [2.75, 3.05) is 6.54 Å². The van der Waals surface area contributed by atoms with Crippen LogP contribution in [0.1, 0.15) is 23.3 Å². The average Bonchev–Trinajstić information content (AvgIpc) is 3.48. The molecule has 0 N–H and O–H groups in total. The molecule has 1 heterocycles. The third-order valence-electron chi connectivity index (χ3n) is 5.23. The van der Waals surface area contributed by atoms with E-state index in [9.17, 15) is 17.6 Å². The Labute approximate surface area is 199 Å². The molecule has 32 heavy (non-hydrogen) atoms. The van der Waals surface area contributed by atoms with Crippen LogP contribution in [-0.4, -0.2) is 36.1 Å². The van der Waals surface area contributed by atoms with Gasteiger partial charge in [0.15, 0.2) is 0 Å². The molecule has 2 aromatic carbocycles. The maximum atomic E-state index is 13.4. The highest BCUT2D eigenvalue weighted by Gasteiger charge is 2.40. The minimum absolute atomic E-state index is 0.165. The first-order valence-electron chi connectivity index (χ1n) is 10.1. The van der Waals surface area contributed by atoms with Gasteiger partial charge in [0.1, 0.15) is 5.82 Å². The van der Waals surface area contributed by atoms with Crippen LogP contribution >= 0.6 is 27.3 Å². The lowest BCUT2D eigenvalue weighted by Crippen LogP contribution is -2.43. The highest BCUT2D eigenvalue weighted by Crippen LogP contribution is 2.32. The van der Waals surface area contributed by atoms with Crippen LogP contribution in [0.2, 0.25) is 0 Å². The number of halogens is 2. The lowest BCUT2D eigenvalue weighted by Gasteiger charge is -2.27. The monoisotopic (exact) mass is 536 g/mol. The summed E-state index contributed by atoms with van der Waals surface area (Å²) in [6.07, 6.45) is 1.48. The molecule has 168 valence electrons. The molecule has 1 aliphatic carbocycles. The molecule has 0 spiro atoms. The Balaban J connectivity index is 1.57. The second-order valence-electron chi connectivity index (χ2n) is 7.69. The van der Waals surface area contributed by atoms with Crippen LogP contribution in [0.15, 0.2) is 75.4 Å². The number of hydrogen-bond donors (Lipinski definition) is 0. The molecule has 9 heteroatoms. The molecule has 0 saturated heterocycles. The molecular weight excluding hydrogens is 515 g/mol. The van der Waals surface area contributed by atoms with Gasteiger partial charge in [0.25, 0.3) is 0 Å². The zero-order valence-corrected chi connectivity index (χ0v) is 20.4. The summed E-state index contributed by atoms with van der Waals surface area (Å²) >= 11 is 4.86. The van der Waals surface area contributed by atoms with Crippen molar-refractivity contribution in [3.8, 4) is 0 Å². The molecule has 0 unspecified atom stereocenters. The van der Waals surface area contributed by atoms with Crippen molar-refractivity contribution in [2.24, 2.45) is 0 Å². The van der Waals surface area contributed by atoms with Gasteiger partial charge in [-0.1, -0.05) is 34.1 Å². The van der Waals surface area contributed by atoms with Crippen molar-refractivity contribution in [1.82, 2.24) is 9.21 Å². The summed E-state index contributed by atoms with van der Waals surface area (Å²) in [7, 11) is -3.81. The van der Waals surface area contributed by atoms with Crippen molar-refractivity contribution in [2.45, 2.75) is 36.9 Å². The lowest BCUT2D eigenvalue weighted by molar-refractivity contribution is -0.132. The summed E-state index contributed by atoms with van der Waals surface area (Å²) in [4.78, 5) is 16.2. The van der Waals surface area contributed by atoms with Gasteiger partial charge >= 0.3 is 0 Å². The van der Waals surface area contributed by atoms with Crippen molar-refractivity contribution in [3.63, 3.8) is 0 Å². The van der Waals surface area contributed by atoms with Crippen molar-refractivity contribution < 1.29 is 17.6 Å². The van der Waals surface area contributed by atoms with E-state index in [1.165, 1.54) is 27.8 Å². The predicted molar refractivity (Wildman–Crippen MR) is 126 cm³/mol. The molecule has 0 aliphatic heterocycles. The molecule has 4 rings (SSSR count). The van der Waals surface area contributed by atoms with Crippen LogP contribution in [-0.2, 0) is 27.9 Å². The van der Waals surface area contributed by atoms with Gasteiger partial charge in [0.2, 0.25) is 15.9 Å². The fraction of sp³-hybridized carbons (Fsp3) is 0.261. The third-order valence-corrected chi connectivity index (χ3v) is 8.53. The molecule has 1 fully saturated rings. The minimum Gasteiger partial charge on any atom is -0.332 e. The van der Waals surface area contributed by atoms with Crippen LogP contribution in [0.3, 0.4) is 0 Å². The van der Waals surface area contributed by atoms with E-state index >= 15 is 0 Å². The van der Waals surface area contributed by atoms with E-state index in [0.717, 1.165) is 27.8 Å². The number of hydrogen-bond acceptors (Lipinski definition) is 4. The van der Waals surface area contributed by atoms with Gasteiger partial charge < -0.3 is 4.90 Å². The minimum atomic E-state index is -3.81. The normalized spacial score (nSPS) is 14.0. The highest BCUT2D eigenvalue weighted by atomic mass is 79.9. The SMILES string of the molecule is O=C(CN(C1CC1)S(=O)(=O)c1ccc(Br)cc1)N(Cc1ccc(F)cc1)Cc1cccs1. The fourth-order valence-electron chi connectivity index (χ4n) is 3.38. The van der Waals surface area contributed by atoms with E-state index in [1.807, 2.05) is 17.5 Å². The average molecular weight is 537 g/mol. The Bertz CT molecular complexity index is 1160. The molecule has 3 aromatic rings. The zero-order valence-electron chi connectivity index (χ0n) is 17.2. The summed E-state index contributed by atoms with van der Waals surface area (Å²) in [5.74, 6) is -0.624. The number of amides is 1. The summed E-state index contributed by atoms with van der Waals surface area (Å²) in [6, 6.07) is 16.1. The Morgan fingerprint density at radius 2 is 1.72 bits per heavy atom. The smallest absolute Gasteiger partial charge is 0.243 e.